The molecule has 0 radical (unpaired) electrons. The lowest BCUT2D eigenvalue weighted by Gasteiger charge is -2.15. The lowest BCUT2D eigenvalue weighted by atomic mass is 9.91. The molecule has 3 nitrogen and oxygen atoms in total. The zero-order valence-electron chi connectivity index (χ0n) is 7.75. The summed E-state index contributed by atoms with van der Waals surface area (Å²) < 4.78 is 0. The van der Waals surface area contributed by atoms with E-state index in [4.69, 9.17) is 5.11 Å². The quantitative estimate of drug-likeness (QED) is 0.633. The van der Waals surface area contributed by atoms with Crippen molar-refractivity contribution < 1.29 is 9.90 Å². The van der Waals surface area contributed by atoms with Crippen LogP contribution >= 0.6 is 0 Å². The van der Waals surface area contributed by atoms with Gasteiger partial charge in [0.2, 0.25) is 0 Å². The maximum Gasteiger partial charge on any atom is 0.317 e. The zero-order chi connectivity index (χ0) is 9.40. The first-order chi connectivity index (χ1) is 5.66. The molecule has 0 aromatic carbocycles. The van der Waals surface area contributed by atoms with Crippen LogP contribution in [0.1, 0.15) is 39.0 Å². The van der Waals surface area contributed by atoms with Gasteiger partial charge in [0, 0.05) is 0 Å². The highest BCUT2D eigenvalue weighted by molar-refractivity contribution is 5.68. The van der Waals surface area contributed by atoms with E-state index < -0.39 is 5.97 Å². The normalized spacial score (nSPS) is 17.8. The van der Waals surface area contributed by atoms with Gasteiger partial charge in [0.05, 0.1) is 6.54 Å². The maximum atomic E-state index is 9.24. The lowest BCUT2D eigenvalue weighted by molar-refractivity contribution is -0.135. The number of carbonyl (C=O) groups is 1. The van der Waals surface area contributed by atoms with Gasteiger partial charge in [-0.1, -0.05) is 39.0 Å². The van der Waals surface area contributed by atoms with Gasteiger partial charge in [0.15, 0.2) is 0 Å². The molecule has 0 heterocycles. The molecule has 0 spiro atoms. The van der Waals surface area contributed by atoms with Crippen molar-refractivity contribution >= 4 is 5.97 Å². The first-order valence-corrected chi connectivity index (χ1v) is 4.58. The number of carboxylic acids is 1. The number of nitrogens with two attached hydrogens (primary N) is 1. The Kier molecular flexibility index (Phi) is 6.76. The van der Waals surface area contributed by atoms with Crippen LogP contribution in [0, 0.1) is 5.92 Å². The standard InChI is InChI=1S/C7H14.C2H5NO2/c1-7-5-3-2-4-6-7;3-1-2(4)5/h7H,2-6H2,1H3;1,3H2,(H,4,5). The molecule has 0 unspecified atom stereocenters. The van der Waals surface area contributed by atoms with Gasteiger partial charge in [-0.25, -0.2) is 0 Å². The van der Waals surface area contributed by atoms with Gasteiger partial charge in [0.1, 0.15) is 0 Å². The number of rotatable bonds is 1. The third-order valence-electron chi connectivity index (χ3n) is 2.07. The van der Waals surface area contributed by atoms with E-state index in [0.717, 1.165) is 5.92 Å². The molecule has 0 aliphatic heterocycles. The maximum absolute atomic E-state index is 9.24. The van der Waals surface area contributed by atoms with Crippen molar-refractivity contribution in [2.45, 2.75) is 39.0 Å². The number of aliphatic carboxylic acids is 1. The Hall–Kier alpha value is -0.570. The van der Waals surface area contributed by atoms with Crippen LogP contribution in [0.15, 0.2) is 0 Å². The van der Waals surface area contributed by atoms with Crippen molar-refractivity contribution in [2.24, 2.45) is 11.7 Å². The molecular formula is C9H19NO2. The Labute approximate surface area is 74.0 Å². The van der Waals surface area contributed by atoms with E-state index in [0.29, 0.717) is 0 Å². The summed E-state index contributed by atoms with van der Waals surface area (Å²) in [7, 11) is 0. The van der Waals surface area contributed by atoms with E-state index >= 15 is 0 Å². The van der Waals surface area contributed by atoms with E-state index in [-0.39, 0.29) is 6.54 Å². The predicted molar refractivity (Wildman–Crippen MR) is 48.9 cm³/mol. The Bertz CT molecular complexity index is 120. The van der Waals surface area contributed by atoms with Crippen LogP contribution < -0.4 is 5.73 Å². The highest BCUT2D eigenvalue weighted by atomic mass is 16.4. The molecule has 1 fully saturated rings. The molecule has 1 aliphatic carbocycles. The van der Waals surface area contributed by atoms with Gasteiger partial charge >= 0.3 is 5.97 Å². The molecule has 1 saturated carbocycles. The highest BCUT2D eigenvalue weighted by Gasteiger charge is 2.05. The minimum Gasteiger partial charge on any atom is -0.480 e. The minimum absolute atomic E-state index is 0.278. The Morgan fingerprint density at radius 1 is 1.42 bits per heavy atom. The molecule has 0 bridgehead atoms. The second-order valence-electron chi connectivity index (χ2n) is 3.34. The van der Waals surface area contributed by atoms with E-state index in [1.165, 1.54) is 32.1 Å². The van der Waals surface area contributed by atoms with Crippen LogP contribution in [0.4, 0.5) is 0 Å². The molecule has 3 N–H and O–H groups in total. The van der Waals surface area contributed by atoms with Crippen LogP contribution in [0.25, 0.3) is 0 Å². The summed E-state index contributed by atoms with van der Waals surface area (Å²) in [5.41, 5.74) is 4.57. The molecule has 0 amide bonds. The van der Waals surface area contributed by atoms with E-state index in [2.05, 4.69) is 12.7 Å². The van der Waals surface area contributed by atoms with Gasteiger partial charge < -0.3 is 10.8 Å². The molecule has 1 rings (SSSR count). The summed E-state index contributed by atoms with van der Waals surface area (Å²) in [5.74, 6) is 0.0683. The number of hydrogen-bond acceptors (Lipinski definition) is 2. The third kappa shape index (κ3) is 7.54. The summed E-state index contributed by atoms with van der Waals surface area (Å²) >= 11 is 0. The molecule has 72 valence electrons. The first kappa shape index (κ1) is 11.4. The molecule has 3 heteroatoms. The van der Waals surface area contributed by atoms with Crippen molar-refractivity contribution in [3.8, 4) is 0 Å². The smallest absolute Gasteiger partial charge is 0.317 e. The SMILES string of the molecule is CC1CCCCC1.NCC(=O)O. The second-order valence-corrected chi connectivity index (χ2v) is 3.34. The fourth-order valence-corrected chi connectivity index (χ4v) is 1.31. The first-order valence-electron chi connectivity index (χ1n) is 4.58. The van der Waals surface area contributed by atoms with Crippen LogP contribution in [0.5, 0.6) is 0 Å². The van der Waals surface area contributed by atoms with Crippen molar-refractivity contribution in [2.75, 3.05) is 6.54 Å². The summed E-state index contributed by atoms with van der Waals surface area (Å²) in [6.07, 6.45) is 7.44. The molecule has 0 aromatic heterocycles. The summed E-state index contributed by atoms with van der Waals surface area (Å²) in [5, 5.41) is 7.60. The summed E-state index contributed by atoms with van der Waals surface area (Å²) in [6, 6.07) is 0. The molecule has 0 aromatic rings. The van der Waals surface area contributed by atoms with Gasteiger partial charge in [0.25, 0.3) is 0 Å². The average molecular weight is 173 g/mol. The fraction of sp³-hybridized carbons (Fsp3) is 0.889. The highest BCUT2D eigenvalue weighted by Crippen LogP contribution is 2.21. The summed E-state index contributed by atoms with van der Waals surface area (Å²) in [4.78, 5) is 9.24. The van der Waals surface area contributed by atoms with Crippen LogP contribution in [-0.4, -0.2) is 17.6 Å². The van der Waals surface area contributed by atoms with E-state index in [9.17, 15) is 4.79 Å². The fourth-order valence-electron chi connectivity index (χ4n) is 1.31. The van der Waals surface area contributed by atoms with Crippen LogP contribution in [0.3, 0.4) is 0 Å². The average Bonchev–Trinajstić information content (AvgIpc) is 2.07. The predicted octanol–water partition coefficient (Wildman–Crippen LogP) is 1.62. The van der Waals surface area contributed by atoms with E-state index in [1.54, 1.807) is 0 Å². The lowest BCUT2D eigenvalue weighted by Crippen LogP contribution is -2.10. The zero-order valence-corrected chi connectivity index (χ0v) is 7.75. The molecular weight excluding hydrogens is 154 g/mol. The Balaban J connectivity index is 0.000000217. The Morgan fingerprint density at radius 3 is 2.00 bits per heavy atom. The number of hydrogen-bond donors (Lipinski definition) is 2. The van der Waals surface area contributed by atoms with Gasteiger partial charge in [-0.05, 0) is 5.92 Å². The molecule has 0 saturated heterocycles. The minimum atomic E-state index is -0.968. The van der Waals surface area contributed by atoms with Gasteiger partial charge in [-0.15, -0.1) is 0 Å². The van der Waals surface area contributed by atoms with Crippen molar-refractivity contribution in [3.05, 3.63) is 0 Å². The molecule has 12 heavy (non-hydrogen) atoms. The summed E-state index contributed by atoms with van der Waals surface area (Å²) in [6.45, 7) is 2.08. The number of carboxylic acid groups (broad SMARTS) is 1. The van der Waals surface area contributed by atoms with Crippen molar-refractivity contribution in [3.63, 3.8) is 0 Å². The topological polar surface area (TPSA) is 63.3 Å². The second kappa shape index (κ2) is 7.10. The van der Waals surface area contributed by atoms with Crippen LogP contribution in [0.2, 0.25) is 0 Å². The largest absolute Gasteiger partial charge is 0.480 e. The van der Waals surface area contributed by atoms with Crippen molar-refractivity contribution in [1.29, 1.82) is 0 Å². The van der Waals surface area contributed by atoms with E-state index in [1.807, 2.05) is 0 Å². The molecule has 1 aliphatic rings. The monoisotopic (exact) mass is 173 g/mol. The van der Waals surface area contributed by atoms with Crippen molar-refractivity contribution in [1.82, 2.24) is 0 Å². The van der Waals surface area contributed by atoms with Gasteiger partial charge in [-0.2, -0.15) is 0 Å². The third-order valence-corrected chi connectivity index (χ3v) is 2.07. The van der Waals surface area contributed by atoms with Gasteiger partial charge in [-0.3, -0.25) is 4.79 Å². The van der Waals surface area contributed by atoms with Crippen LogP contribution in [-0.2, 0) is 4.79 Å². The molecule has 0 atom stereocenters. The Morgan fingerprint density at radius 2 is 1.83 bits per heavy atom.